The van der Waals surface area contributed by atoms with Crippen LogP contribution in [0, 0.1) is 5.82 Å². The zero-order valence-electron chi connectivity index (χ0n) is 17.1. The molecule has 0 aliphatic carbocycles. The van der Waals surface area contributed by atoms with Gasteiger partial charge < -0.3 is 10.1 Å². The van der Waals surface area contributed by atoms with Crippen LogP contribution in [-0.4, -0.2) is 19.3 Å². The topological polar surface area (TPSA) is 97.4 Å². The fourth-order valence-corrected chi connectivity index (χ4v) is 4.48. The van der Waals surface area contributed by atoms with Crippen molar-refractivity contribution in [2.24, 2.45) is 0 Å². The molecule has 0 radical (unpaired) electrons. The SMILES string of the molecule is O=C(NCc1ccc(Oc2nccs2)cc1)c1cccc(NS(=O)(=O)c2cccc(F)c2)c1. The predicted molar refractivity (Wildman–Crippen MR) is 123 cm³/mol. The summed E-state index contributed by atoms with van der Waals surface area (Å²) in [5.41, 5.74) is 1.33. The first kappa shape index (κ1) is 22.4. The van der Waals surface area contributed by atoms with E-state index in [1.54, 1.807) is 30.5 Å². The molecule has 0 fully saturated rings. The minimum Gasteiger partial charge on any atom is -0.431 e. The molecule has 1 heterocycles. The normalized spacial score (nSPS) is 11.1. The zero-order valence-corrected chi connectivity index (χ0v) is 18.7. The van der Waals surface area contributed by atoms with Crippen LogP contribution >= 0.6 is 11.3 Å². The van der Waals surface area contributed by atoms with Gasteiger partial charge in [0.15, 0.2) is 0 Å². The van der Waals surface area contributed by atoms with E-state index in [4.69, 9.17) is 4.74 Å². The Morgan fingerprint density at radius 1 is 1.03 bits per heavy atom. The van der Waals surface area contributed by atoms with Crippen molar-refractivity contribution in [1.82, 2.24) is 10.3 Å². The molecule has 0 spiro atoms. The summed E-state index contributed by atoms with van der Waals surface area (Å²) in [7, 11) is -3.99. The summed E-state index contributed by atoms with van der Waals surface area (Å²) in [6.07, 6.45) is 1.66. The number of carbonyl (C=O) groups is 1. The lowest BCUT2D eigenvalue weighted by Gasteiger charge is -2.10. The predicted octanol–water partition coefficient (Wildman–Crippen LogP) is 4.81. The van der Waals surface area contributed by atoms with Gasteiger partial charge in [-0.05, 0) is 54.1 Å². The number of benzene rings is 3. The van der Waals surface area contributed by atoms with Gasteiger partial charge in [0.1, 0.15) is 11.6 Å². The number of aromatic nitrogens is 1. The number of nitrogens with one attached hydrogen (secondary N) is 2. The number of hydrogen-bond donors (Lipinski definition) is 2. The molecule has 10 heteroatoms. The Labute approximate surface area is 193 Å². The summed E-state index contributed by atoms with van der Waals surface area (Å²) in [4.78, 5) is 16.4. The van der Waals surface area contributed by atoms with E-state index in [0.29, 0.717) is 10.9 Å². The first-order valence-electron chi connectivity index (χ1n) is 9.72. The first-order valence-corrected chi connectivity index (χ1v) is 12.1. The lowest BCUT2D eigenvalue weighted by atomic mass is 10.1. The molecule has 0 saturated heterocycles. The lowest BCUT2D eigenvalue weighted by Crippen LogP contribution is -2.23. The monoisotopic (exact) mass is 483 g/mol. The molecule has 2 N–H and O–H groups in total. The number of hydrogen-bond acceptors (Lipinski definition) is 6. The molecule has 1 amide bonds. The van der Waals surface area contributed by atoms with Crippen LogP contribution in [0.3, 0.4) is 0 Å². The maximum absolute atomic E-state index is 13.4. The number of ether oxygens (including phenoxy) is 1. The highest BCUT2D eigenvalue weighted by molar-refractivity contribution is 7.92. The molecule has 0 unspecified atom stereocenters. The van der Waals surface area contributed by atoms with Gasteiger partial charge in [0.05, 0.1) is 4.90 Å². The van der Waals surface area contributed by atoms with Crippen LogP contribution in [0.25, 0.3) is 0 Å². The first-order chi connectivity index (χ1) is 15.9. The Morgan fingerprint density at radius 3 is 2.55 bits per heavy atom. The van der Waals surface area contributed by atoms with Crippen LogP contribution in [0.1, 0.15) is 15.9 Å². The third-order valence-electron chi connectivity index (χ3n) is 4.47. The summed E-state index contributed by atoms with van der Waals surface area (Å²) >= 11 is 1.39. The van der Waals surface area contributed by atoms with Crippen molar-refractivity contribution in [3.63, 3.8) is 0 Å². The largest absolute Gasteiger partial charge is 0.431 e. The average Bonchev–Trinajstić information content (AvgIpc) is 3.31. The van der Waals surface area contributed by atoms with Gasteiger partial charge in [-0.1, -0.05) is 35.6 Å². The third kappa shape index (κ3) is 5.93. The van der Waals surface area contributed by atoms with Crippen LogP contribution in [0.5, 0.6) is 10.9 Å². The second-order valence-corrected chi connectivity index (χ2v) is 9.41. The van der Waals surface area contributed by atoms with Gasteiger partial charge in [0.2, 0.25) is 0 Å². The molecule has 0 aliphatic heterocycles. The van der Waals surface area contributed by atoms with E-state index in [9.17, 15) is 17.6 Å². The molecule has 0 atom stereocenters. The molecule has 0 saturated carbocycles. The van der Waals surface area contributed by atoms with Crippen LogP contribution < -0.4 is 14.8 Å². The highest BCUT2D eigenvalue weighted by Gasteiger charge is 2.16. The summed E-state index contributed by atoms with van der Waals surface area (Å²) in [5.74, 6) is -0.392. The standard InChI is InChI=1S/C23H18FN3O4S2/c24-18-4-2-6-21(14-18)33(29,30)27-19-5-1-3-17(13-19)22(28)26-15-16-7-9-20(10-8-16)31-23-25-11-12-32-23/h1-14,27H,15H2,(H,26,28). The molecule has 4 rings (SSSR count). The van der Waals surface area contributed by atoms with Gasteiger partial charge >= 0.3 is 0 Å². The molecule has 0 bridgehead atoms. The van der Waals surface area contributed by atoms with Crippen molar-refractivity contribution in [2.45, 2.75) is 11.4 Å². The van der Waals surface area contributed by atoms with Crippen molar-refractivity contribution in [3.05, 3.63) is 101 Å². The molecule has 3 aromatic carbocycles. The Kier molecular flexibility index (Phi) is 6.66. The number of nitrogens with zero attached hydrogens (tertiary/aromatic N) is 1. The van der Waals surface area contributed by atoms with Crippen molar-refractivity contribution < 1.29 is 22.3 Å². The van der Waals surface area contributed by atoms with Crippen LogP contribution in [0.15, 0.2) is 89.3 Å². The summed E-state index contributed by atoms with van der Waals surface area (Å²) in [5, 5.41) is 5.16. The second kappa shape index (κ2) is 9.80. The number of rotatable bonds is 8. The number of sulfonamides is 1. The molecular formula is C23H18FN3O4S2. The molecule has 7 nitrogen and oxygen atoms in total. The van der Waals surface area contributed by atoms with Gasteiger partial charge in [0.25, 0.3) is 21.1 Å². The lowest BCUT2D eigenvalue weighted by molar-refractivity contribution is 0.0951. The van der Waals surface area contributed by atoms with Gasteiger partial charge in [0, 0.05) is 29.4 Å². The van der Waals surface area contributed by atoms with E-state index in [-0.39, 0.29) is 28.6 Å². The zero-order chi connectivity index (χ0) is 23.3. The second-order valence-electron chi connectivity index (χ2n) is 6.87. The number of amides is 1. The van der Waals surface area contributed by atoms with Crippen LogP contribution in [-0.2, 0) is 16.6 Å². The Bertz CT molecular complexity index is 1360. The Balaban J connectivity index is 1.37. The maximum Gasteiger partial charge on any atom is 0.278 e. The Hall–Kier alpha value is -3.76. The summed E-state index contributed by atoms with van der Waals surface area (Å²) < 4.78 is 46.3. The summed E-state index contributed by atoms with van der Waals surface area (Å²) in [6.45, 7) is 0.273. The minimum atomic E-state index is -3.99. The quantitative estimate of drug-likeness (QED) is 0.375. The number of anilines is 1. The average molecular weight is 484 g/mol. The maximum atomic E-state index is 13.4. The summed E-state index contributed by atoms with van der Waals surface area (Å²) in [6, 6.07) is 17.9. The van der Waals surface area contributed by atoms with Gasteiger partial charge in [-0.25, -0.2) is 17.8 Å². The molecular weight excluding hydrogens is 465 g/mol. The van der Waals surface area contributed by atoms with E-state index in [0.717, 1.165) is 17.7 Å². The smallest absolute Gasteiger partial charge is 0.278 e. The van der Waals surface area contributed by atoms with Crippen LogP contribution in [0.2, 0.25) is 0 Å². The highest BCUT2D eigenvalue weighted by atomic mass is 32.2. The molecule has 1 aromatic heterocycles. The van der Waals surface area contributed by atoms with Crippen molar-refractivity contribution in [2.75, 3.05) is 4.72 Å². The number of halogens is 1. The van der Waals surface area contributed by atoms with E-state index in [1.165, 1.54) is 35.6 Å². The molecule has 4 aromatic rings. The van der Waals surface area contributed by atoms with E-state index >= 15 is 0 Å². The van der Waals surface area contributed by atoms with Gasteiger partial charge in [-0.2, -0.15) is 0 Å². The number of thiazole rings is 1. The highest BCUT2D eigenvalue weighted by Crippen LogP contribution is 2.23. The fourth-order valence-electron chi connectivity index (χ4n) is 2.89. The van der Waals surface area contributed by atoms with Crippen molar-refractivity contribution in [1.29, 1.82) is 0 Å². The third-order valence-corrected chi connectivity index (χ3v) is 6.50. The fraction of sp³-hybridized carbons (Fsp3) is 0.0435. The van der Waals surface area contributed by atoms with E-state index in [1.807, 2.05) is 17.5 Å². The Morgan fingerprint density at radius 2 is 1.82 bits per heavy atom. The molecule has 0 aliphatic rings. The minimum absolute atomic E-state index is 0.190. The van der Waals surface area contributed by atoms with Crippen LogP contribution in [0.4, 0.5) is 10.1 Å². The van der Waals surface area contributed by atoms with Crippen molar-refractivity contribution in [3.8, 4) is 10.9 Å². The van der Waals surface area contributed by atoms with Gasteiger partial charge in [-0.3, -0.25) is 9.52 Å². The molecule has 168 valence electrons. The van der Waals surface area contributed by atoms with Crippen molar-refractivity contribution >= 4 is 33.0 Å². The molecule has 33 heavy (non-hydrogen) atoms. The number of carbonyl (C=O) groups excluding carboxylic acids is 1. The van der Waals surface area contributed by atoms with E-state index in [2.05, 4.69) is 15.0 Å². The van der Waals surface area contributed by atoms with Gasteiger partial charge in [-0.15, -0.1) is 0 Å². The van der Waals surface area contributed by atoms with E-state index < -0.39 is 15.8 Å².